The van der Waals surface area contributed by atoms with Crippen LogP contribution in [0.3, 0.4) is 0 Å². The second-order valence-corrected chi connectivity index (χ2v) is 17.4. The van der Waals surface area contributed by atoms with Crippen molar-refractivity contribution < 1.29 is 38.0 Å². The highest BCUT2D eigenvalue weighted by Crippen LogP contribution is 2.41. The fraction of sp³-hybridized carbons (Fsp3) is 0.767. The molecule has 0 aliphatic carbocycles. The summed E-state index contributed by atoms with van der Waals surface area (Å²) in [6.07, 6.45) is 4.30. The number of hydrogen-bond acceptors (Lipinski definition) is 8. The summed E-state index contributed by atoms with van der Waals surface area (Å²) in [5, 5.41) is 10.0. The molecular weight excluding hydrogens is 516 g/mol. The van der Waals surface area contributed by atoms with Gasteiger partial charge in [-0.25, -0.2) is 4.79 Å². The molecule has 0 aromatic rings. The van der Waals surface area contributed by atoms with Crippen LogP contribution in [0.1, 0.15) is 68.2 Å². The van der Waals surface area contributed by atoms with Crippen molar-refractivity contribution in [2.24, 2.45) is 11.8 Å². The average molecular weight is 571 g/mol. The van der Waals surface area contributed by atoms with Gasteiger partial charge in [0.1, 0.15) is 12.6 Å². The monoisotopic (exact) mass is 570 g/mol. The molecule has 8 nitrogen and oxygen atoms in total. The summed E-state index contributed by atoms with van der Waals surface area (Å²) in [5.41, 5.74) is 1.01. The third-order valence-corrected chi connectivity index (χ3v) is 12.2. The molecule has 226 valence electrons. The highest BCUT2D eigenvalue weighted by atomic mass is 28.4. The van der Waals surface area contributed by atoms with Gasteiger partial charge in [-0.3, -0.25) is 0 Å². The molecule has 0 radical (unpaired) electrons. The molecule has 0 saturated carbocycles. The second-order valence-electron chi connectivity index (χ2n) is 12.6. The van der Waals surface area contributed by atoms with E-state index < -0.39 is 26.2 Å². The molecule has 1 rings (SSSR count). The minimum atomic E-state index is -2.22. The van der Waals surface area contributed by atoms with Crippen LogP contribution >= 0.6 is 0 Å². The SMILES string of the molecule is C=C[C@H](O)C/C(C)=C/[C@@H](OC)[C@@H](C)[C@H](O[Si](C)(C)C(C)(C)C)[C@H](C)[C@H](CC1=CC(=O)OC(C)(C)O1)OCOC. The topological polar surface area (TPSA) is 92.7 Å². The van der Waals surface area contributed by atoms with Gasteiger partial charge in [-0.1, -0.05) is 52.3 Å². The number of ether oxygens (including phenoxy) is 5. The predicted molar refractivity (Wildman–Crippen MR) is 156 cm³/mol. The Bertz CT molecular complexity index is 858. The number of carbonyl (C=O) groups is 1. The summed E-state index contributed by atoms with van der Waals surface area (Å²) >= 11 is 0. The Balaban J connectivity index is 3.46. The molecular formula is C30H54O8Si. The van der Waals surface area contributed by atoms with Gasteiger partial charge in [0.2, 0.25) is 5.79 Å². The number of aliphatic hydroxyl groups excluding tert-OH is 1. The Labute approximate surface area is 237 Å². The Morgan fingerprint density at radius 3 is 2.28 bits per heavy atom. The van der Waals surface area contributed by atoms with Gasteiger partial charge in [0.05, 0.1) is 30.5 Å². The summed E-state index contributed by atoms with van der Waals surface area (Å²) in [7, 11) is 1.05. The van der Waals surface area contributed by atoms with Crippen molar-refractivity contribution in [2.45, 2.75) is 117 Å². The number of rotatable bonds is 16. The summed E-state index contributed by atoms with van der Waals surface area (Å²) in [6, 6.07) is 0. The Morgan fingerprint density at radius 2 is 1.79 bits per heavy atom. The van der Waals surface area contributed by atoms with Crippen molar-refractivity contribution in [3.63, 3.8) is 0 Å². The number of carbonyl (C=O) groups excluding carboxylic acids is 1. The van der Waals surface area contributed by atoms with Gasteiger partial charge in [-0.05, 0) is 31.5 Å². The van der Waals surface area contributed by atoms with E-state index in [1.807, 2.05) is 6.92 Å². The van der Waals surface area contributed by atoms with E-state index in [1.165, 1.54) is 12.2 Å². The van der Waals surface area contributed by atoms with Gasteiger partial charge in [-0.15, -0.1) is 6.58 Å². The third-order valence-electron chi connectivity index (χ3n) is 7.71. The van der Waals surface area contributed by atoms with E-state index >= 15 is 0 Å². The van der Waals surface area contributed by atoms with Gasteiger partial charge >= 0.3 is 5.97 Å². The number of esters is 1. The van der Waals surface area contributed by atoms with Crippen LogP contribution in [0.2, 0.25) is 18.1 Å². The maximum absolute atomic E-state index is 12.2. The number of aliphatic hydroxyl groups is 1. The van der Waals surface area contributed by atoms with Crippen molar-refractivity contribution >= 4 is 14.3 Å². The molecule has 39 heavy (non-hydrogen) atoms. The molecule has 0 unspecified atom stereocenters. The summed E-state index contributed by atoms with van der Waals surface area (Å²) in [4.78, 5) is 12.2. The van der Waals surface area contributed by atoms with Crippen LogP contribution in [0.5, 0.6) is 0 Å². The first-order valence-corrected chi connectivity index (χ1v) is 16.7. The summed E-state index contributed by atoms with van der Waals surface area (Å²) in [6.45, 7) is 24.5. The lowest BCUT2D eigenvalue weighted by molar-refractivity contribution is -0.208. The van der Waals surface area contributed by atoms with E-state index in [2.05, 4.69) is 60.4 Å². The van der Waals surface area contributed by atoms with Crippen LogP contribution in [0.25, 0.3) is 0 Å². The Kier molecular flexibility index (Phi) is 13.6. The first-order valence-electron chi connectivity index (χ1n) is 13.8. The Hall–Kier alpha value is -1.49. The highest BCUT2D eigenvalue weighted by Gasteiger charge is 2.44. The normalized spacial score (nSPS) is 21.1. The third kappa shape index (κ3) is 11.1. The van der Waals surface area contributed by atoms with Crippen molar-refractivity contribution in [1.82, 2.24) is 0 Å². The molecule has 1 heterocycles. The zero-order chi connectivity index (χ0) is 30.2. The molecule has 1 aliphatic rings. The fourth-order valence-corrected chi connectivity index (χ4v) is 5.89. The number of hydrogen-bond donors (Lipinski definition) is 1. The van der Waals surface area contributed by atoms with Crippen LogP contribution in [0.4, 0.5) is 0 Å². The number of methoxy groups -OCH3 is 2. The van der Waals surface area contributed by atoms with Gasteiger partial charge in [0.25, 0.3) is 0 Å². The molecule has 1 N–H and O–H groups in total. The molecule has 1 aliphatic heterocycles. The lowest BCUT2D eigenvalue weighted by Crippen LogP contribution is -2.51. The van der Waals surface area contributed by atoms with Crippen LogP contribution in [0, 0.1) is 11.8 Å². The van der Waals surface area contributed by atoms with E-state index in [-0.39, 0.29) is 42.0 Å². The van der Waals surface area contributed by atoms with Crippen LogP contribution in [-0.2, 0) is 32.9 Å². The van der Waals surface area contributed by atoms with Crippen molar-refractivity contribution in [1.29, 1.82) is 0 Å². The first kappa shape index (κ1) is 35.5. The highest BCUT2D eigenvalue weighted by molar-refractivity contribution is 6.74. The molecule has 0 amide bonds. The van der Waals surface area contributed by atoms with Crippen LogP contribution < -0.4 is 0 Å². The summed E-state index contributed by atoms with van der Waals surface area (Å²) in [5.74, 6) is -1.18. The maximum Gasteiger partial charge on any atom is 0.337 e. The van der Waals surface area contributed by atoms with Crippen LogP contribution in [0.15, 0.2) is 36.1 Å². The quantitative estimate of drug-likeness (QED) is 0.103. The second kappa shape index (κ2) is 14.9. The minimum absolute atomic E-state index is 0.0151. The van der Waals surface area contributed by atoms with E-state index in [1.54, 1.807) is 28.1 Å². The molecule has 0 aromatic heterocycles. The largest absolute Gasteiger partial charge is 0.457 e. The molecule has 0 bridgehead atoms. The molecule has 6 atom stereocenters. The smallest absolute Gasteiger partial charge is 0.337 e. The van der Waals surface area contributed by atoms with Crippen molar-refractivity contribution in [3.05, 3.63) is 36.1 Å². The van der Waals surface area contributed by atoms with Crippen molar-refractivity contribution in [3.8, 4) is 0 Å². The molecule has 0 saturated heterocycles. The molecule has 0 aromatic carbocycles. The minimum Gasteiger partial charge on any atom is -0.457 e. The lowest BCUT2D eigenvalue weighted by Gasteiger charge is -2.45. The van der Waals surface area contributed by atoms with E-state index in [0.29, 0.717) is 18.6 Å². The van der Waals surface area contributed by atoms with Gasteiger partial charge in [-0.2, -0.15) is 0 Å². The predicted octanol–water partition coefficient (Wildman–Crippen LogP) is 6.12. The van der Waals surface area contributed by atoms with E-state index in [4.69, 9.17) is 28.1 Å². The van der Waals surface area contributed by atoms with E-state index in [0.717, 1.165) is 5.57 Å². The van der Waals surface area contributed by atoms with Crippen LogP contribution in [-0.4, -0.2) is 70.6 Å². The van der Waals surface area contributed by atoms with Gasteiger partial charge in [0, 0.05) is 46.3 Å². The zero-order valence-electron chi connectivity index (χ0n) is 26.3. The van der Waals surface area contributed by atoms with Crippen molar-refractivity contribution in [2.75, 3.05) is 21.0 Å². The molecule has 0 fully saturated rings. The zero-order valence-corrected chi connectivity index (χ0v) is 27.3. The van der Waals surface area contributed by atoms with E-state index in [9.17, 15) is 9.90 Å². The maximum atomic E-state index is 12.2. The molecule has 0 spiro atoms. The molecule has 9 heteroatoms. The number of cyclic esters (lactones) is 1. The standard InChI is InChI=1S/C30H54O8Si/c1-14-23(31)15-20(2)16-25(34-11)21(3)28(38-39(12,13)29(5,6)7)22(4)26(35-19-33-10)17-24-18-27(32)37-30(8,9)36-24/h14,16,18,21-23,25-26,28,31H,1,15,17,19H2,2-13H3/b20-16+/t21-,22-,23+,25-,26+,28+/m1/s1. The van der Waals surface area contributed by atoms with Gasteiger partial charge < -0.3 is 33.2 Å². The fourth-order valence-electron chi connectivity index (χ4n) is 4.43. The Morgan fingerprint density at radius 1 is 1.18 bits per heavy atom. The first-order chi connectivity index (χ1) is 17.9. The summed E-state index contributed by atoms with van der Waals surface area (Å²) < 4.78 is 35.8. The average Bonchev–Trinajstić information content (AvgIpc) is 2.80. The van der Waals surface area contributed by atoms with Gasteiger partial charge in [0.15, 0.2) is 8.32 Å². The lowest BCUT2D eigenvalue weighted by atomic mass is 9.84.